The number of hydrogen-bond donors (Lipinski definition) is 2. The van der Waals surface area contributed by atoms with Gasteiger partial charge in [-0.2, -0.15) is 0 Å². The van der Waals surface area contributed by atoms with E-state index >= 15 is 0 Å². The number of nitrogens with zero attached hydrogens (tertiary/aromatic N) is 4. The van der Waals surface area contributed by atoms with Crippen molar-refractivity contribution in [2.24, 2.45) is 0 Å². The van der Waals surface area contributed by atoms with Crippen LogP contribution in [0.25, 0.3) is 17.0 Å². The average Bonchev–Trinajstić information content (AvgIpc) is 3.05. The van der Waals surface area contributed by atoms with E-state index in [2.05, 4.69) is 39.3 Å². The number of nitrogen functional groups attached to an aromatic ring is 1. The lowest BCUT2D eigenvalue weighted by Crippen LogP contribution is -2.08. The lowest BCUT2D eigenvalue weighted by atomic mass is 10.1. The van der Waals surface area contributed by atoms with E-state index in [0.29, 0.717) is 11.5 Å². The van der Waals surface area contributed by atoms with Gasteiger partial charge in [-0.3, -0.25) is 9.38 Å². The monoisotopic (exact) mass is 330 g/mol. The molecular weight excluding hydrogens is 312 g/mol. The second-order valence-electron chi connectivity index (χ2n) is 5.90. The Morgan fingerprint density at radius 1 is 1.04 bits per heavy atom. The highest BCUT2D eigenvalue weighted by molar-refractivity contribution is 5.62. The standard InChI is InChI=1S/C19H18N6/c1-13(14-5-3-2-4-6-14)23-18-11-21-9-16(24-18)17-10-22-19-8-7-15(20)12-25(17)19/h2-13H,20H2,1H3,(H,23,24)/t13-/m0/s1. The summed E-state index contributed by atoms with van der Waals surface area (Å²) in [5.74, 6) is 0.715. The van der Waals surface area contributed by atoms with E-state index in [1.54, 1.807) is 18.6 Å². The first-order valence-electron chi connectivity index (χ1n) is 8.07. The molecule has 0 aliphatic carbocycles. The Bertz CT molecular complexity index is 1010. The van der Waals surface area contributed by atoms with Crippen LogP contribution in [-0.2, 0) is 0 Å². The zero-order chi connectivity index (χ0) is 17.2. The molecule has 0 saturated heterocycles. The molecule has 0 saturated carbocycles. The Morgan fingerprint density at radius 3 is 2.72 bits per heavy atom. The van der Waals surface area contributed by atoms with Crippen LogP contribution in [0.1, 0.15) is 18.5 Å². The molecule has 0 unspecified atom stereocenters. The van der Waals surface area contributed by atoms with Crippen LogP contribution >= 0.6 is 0 Å². The Balaban J connectivity index is 1.66. The Kier molecular flexibility index (Phi) is 3.78. The largest absolute Gasteiger partial charge is 0.398 e. The maximum atomic E-state index is 5.89. The molecule has 3 aromatic heterocycles. The molecule has 0 amide bonds. The van der Waals surface area contributed by atoms with Gasteiger partial charge in [0.25, 0.3) is 0 Å². The third-order valence-corrected chi connectivity index (χ3v) is 4.09. The summed E-state index contributed by atoms with van der Waals surface area (Å²) in [6.07, 6.45) is 7.07. The van der Waals surface area contributed by atoms with Gasteiger partial charge in [0.05, 0.1) is 24.3 Å². The van der Waals surface area contributed by atoms with Crippen molar-refractivity contribution in [1.82, 2.24) is 19.4 Å². The van der Waals surface area contributed by atoms with Gasteiger partial charge in [-0.05, 0) is 24.6 Å². The third-order valence-electron chi connectivity index (χ3n) is 4.09. The van der Waals surface area contributed by atoms with Crippen LogP contribution < -0.4 is 11.1 Å². The Morgan fingerprint density at radius 2 is 1.88 bits per heavy atom. The van der Waals surface area contributed by atoms with Gasteiger partial charge in [0.15, 0.2) is 0 Å². The van der Waals surface area contributed by atoms with E-state index in [1.807, 2.05) is 40.9 Å². The van der Waals surface area contributed by atoms with Crippen molar-refractivity contribution in [3.8, 4) is 11.4 Å². The fourth-order valence-corrected chi connectivity index (χ4v) is 2.79. The fourth-order valence-electron chi connectivity index (χ4n) is 2.79. The predicted molar refractivity (Wildman–Crippen MR) is 99.1 cm³/mol. The van der Waals surface area contributed by atoms with Crippen molar-refractivity contribution < 1.29 is 0 Å². The highest BCUT2D eigenvalue weighted by Crippen LogP contribution is 2.22. The van der Waals surface area contributed by atoms with Gasteiger partial charge in [-0.15, -0.1) is 0 Å². The predicted octanol–water partition coefficient (Wildman–Crippen LogP) is 3.55. The number of rotatable bonds is 4. The van der Waals surface area contributed by atoms with Crippen LogP contribution in [0.15, 0.2) is 67.3 Å². The van der Waals surface area contributed by atoms with Crippen LogP contribution in [0.2, 0.25) is 0 Å². The Hall–Kier alpha value is -3.41. The molecule has 3 heterocycles. The quantitative estimate of drug-likeness (QED) is 0.598. The van der Waals surface area contributed by atoms with Gasteiger partial charge in [-0.25, -0.2) is 9.97 Å². The van der Waals surface area contributed by atoms with E-state index in [9.17, 15) is 0 Å². The molecule has 0 spiro atoms. The summed E-state index contributed by atoms with van der Waals surface area (Å²) in [5, 5.41) is 3.39. The highest BCUT2D eigenvalue weighted by atomic mass is 15.1. The minimum absolute atomic E-state index is 0.128. The summed E-state index contributed by atoms with van der Waals surface area (Å²) in [7, 11) is 0. The summed E-state index contributed by atoms with van der Waals surface area (Å²) >= 11 is 0. The van der Waals surface area contributed by atoms with E-state index in [0.717, 1.165) is 17.0 Å². The molecule has 0 radical (unpaired) electrons. The lowest BCUT2D eigenvalue weighted by molar-refractivity contribution is 0.871. The molecule has 25 heavy (non-hydrogen) atoms. The second-order valence-corrected chi connectivity index (χ2v) is 5.90. The van der Waals surface area contributed by atoms with Crippen LogP contribution in [-0.4, -0.2) is 19.4 Å². The number of pyridine rings is 1. The maximum absolute atomic E-state index is 5.89. The molecule has 124 valence electrons. The molecule has 1 atom stereocenters. The second kappa shape index (κ2) is 6.24. The topological polar surface area (TPSA) is 81.1 Å². The first-order chi connectivity index (χ1) is 12.2. The van der Waals surface area contributed by atoms with Crippen molar-refractivity contribution in [1.29, 1.82) is 0 Å². The van der Waals surface area contributed by atoms with E-state index in [4.69, 9.17) is 5.73 Å². The van der Waals surface area contributed by atoms with Crippen molar-refractivity contribution in [2.75, 3.05) is 11.1 Å². The zero-order valence-corrected chi connectivity index (χ0v) is 13.8. The minimum Gasteiger partial charge on any atom is -0.398 e. The van der Waals surface area contributed by atoms with E-state index in [1.165, 1.54) is 5.56 Å². The van der Waals surface area contributed by atoms with Crippen molar-refractivity contribution in [3.05, 3.63) is 72.8 Å². The van der Waals surface area contributed by atoms with E-state index in [-0.39, 0.29) is 6.04 Å². The highest BCUT2D eigenvalue weighted by Gasteiger charge is 2.10. The normalized spacial score (nSPS) is 12.2. The molecule has 0 fully saturated rings. The number of anilines is 2. The number of benzene rings is 1. The number of nitrogens with one attached hydrogen (secondary N) is 1. The summed E-state index contributed by atoms with van der Waals surface area (Å²) < 4.78 is 1.92. The van der Waals surface area contributed by atoms with Gasteiger partial charge in [0.2, 0.25) is 0 Å². The SMILES string of the molecule is C[C@H](Nc1cncc(-c2cnc3ccc(N)cn23)n1)c1ccccc1. The zero-order valence-electron chi connectivity index (χ0n) is 13.8. The van der Waals surface area contributed by atoms with Crippen LogP contribution in [0.4, 0.5) is 11.5 Å². The van der Waals surface area contributed by atoms with Gasteiger partial charge < -0.3 is 11.1 Å². The van der Waals surface area contributed by atoms with Crippen LogP contribution in [0.3, 0.4) is 0 Å². The molecule has 4 rings (SSSR count). The molecular formula is C19H18N6. The number of imidazole rings is 1. The van der Waals surface area contributed by atoms with Crippen molar-refractivity contribution in [2.45, 2.75) is 13.0 Å². The maximum Gasteiger partial charge on any atom is 0.145 e. The first kappa shape index (κ1) is 15.1. The molecule has 1 aromatic carbocycles. The summed E-state index contributed by atoms with van der Waals surface area (Å²) in [6.45, 7) is 2.10. The average molecular weight is 330 g/mol. The molecule has 0 aliphatic rings. The van der Waals surface area contributed by atoms with Crippen molar-refractivity contribution >= 4 is 17.2 Å². The molecule has 3 N–H and O–H groups in total. The van der Waals surface area contributed by atoms with Gasteiger partial charge in [0, 0.05) is 17.9 Å². The van der Waals surface area contributed by atoms with Crippen LogP contribution in [0, 0.1) is 0 Å². The molecule has 6 heteroatoms. The number of hydrogen-bond acceptors (Lipinski definition) is 5. The number of nitrogens with two attached hydrogens (primary N) is 1. The third kappa shape index (κ3) is 3.01. The number of aromatic nitrogens is 4. The van der Waals surface area contributed by atoms with Crippen LogP contribution in [0.5, 0.6) is 0 Å². The molecule has 6 nitrogen and oxygen atoms in total. The van der Waals surface area contributed by atoms with Gasteiger partial charge >= 0.3 is 0 Å². The fraction of sp³-hybridized carbons (Fsp3) is 0.105. The number of fused-ring (bicyclic) bond motifs is 1. The Labute approximate surface area is 145 Å². The molecule has 0 bridgehead atoms. The first-order valence-corrected chi connectivity index (χ1v) is 8.07. The van der Waals surface area contributed by atoms with E-state index < -0.39 is 0 Å². The smallest absolute Gasteiger partial charge is 0.145 e. The van der Waals surface area contributed by atoms with Crippen molar-refractivity contribution in [3.63, 3.8) is 0 Å². The minimum atomic E-state index is 0.128. The summed E-state index contributed by atoms with van der Waals surface area (Å²) in [6, 6.07) is 14.1. The van der Waals surface area contributed by atoms with Gasteiger partial charge in [0.1, 0.15) is 17.2 Å². The lowest BCUT2D eigenvalue weighted by Gasteiger charge is -2.15. The summed E-state index contributed by atoms with van der Waals surface area (Å²) in [5.41, 5.74) is 10.2. The molecule has 4 aromatic rings. The van der Waals surface area contributed by atoms with Gasteiger partial charge in [-0.1, -0.05) is 30.3 Å². The molecule has 0 aliphatic heterocycles. The summed E-state index contributed by atoms with van der Waals surface area (Å²) in [4.78, 5) is 13.4.